The Kier molecular flexibility index (Phi) is 4.00. The predicted octanol–water partition coefficient (Wildman–Crippen LogP) is 3.90. The van der Waals surface area contributed by atoms with Crippen molar-refractivity contribution in [1.29, 1.82) is 0 Å². The first-order valence-corrected chi connectivity index (χ1v) is 7.11. The third-order valence-electron chi connectivity index (χ3n) is 2.50. The summed E-state index contributed by atoms with van der Waals surface area (Å²) in [4.78, 5) is 2.60. The Hall–Kier alpha value is -0.390. The van der Waals surface area contributed by atoms with Crippen molar-refractivity contribution in [3.8, 4) is 0 Å². The Balaban J connectivity index is 2.07. The largest absolute Gasteiger partial charge is 0.323 e. The van der Waals surface area contributed by atoms with Crippen molar-refractivity contribution in [2.75, 3.05) is 0 Å². The van der Waals surface area contributed by atoms with Gasteiger partial charge in [0.15, 0.2) is 0 Å². The zero-order valence-electron chi connectivity index (χ0n) is 9.11. The predicted molar refractivity (Wildman–Crippen MR) is 78.8 cm³/mol. The van der Waals surface area contributed by atoms with E-state index in [1.807, 2.05) is 0 Å². The van der Waals surface area contributed by atoms with Gasteiger partial charge in [-0.05, 0) is 65.8 Å². The molecule has 3 heteroatoms. The van der Waals surface area contributed by atoms with Crippen LogP contribution in [0.1, 0.15) is 21.4 Å². The summed E-state index contributed by atoms with van der Waals surface area (Å²) in [5, 5.41) is 0. The molecule has 0 spiro atoms. The fourth-order valence-electron chi connectivity index (χ4n) is 1.63. The second-order valence-corrected chi connectivity index (χ2v) is 6.45. The van der Waals surface area contributed by atoms with E-state index in [0.29, 0.717) is 0 Å². The highest BCUT2D eigenvalue weighted by Crippen LogP contribution is 2.24. The zero-order valence-corrected chi connectivity index (χ0v) is 12.1. The van der Waals surface area contributed by atoms with E-state index >= 15 is 0 Å². The molecule has 1 heterocycles. The average molecular weight is 343 g/mol. The molecule has 84 valence electrons. The SMILES string of the molecule is Cc1ccc(C(N)Cc2ccc(I)cc2)s1. The lowest BCUT2D eigenvalue weighted by Gasteiger charge is -2.09. The smallest absolute Gasteiger partial charge is 0.0430 e. The van der Waals surface area contributed by atoms with Gasteiger partial charge in [0.1, 0.15) is 0 Å². The van der Waals surface area contributed by atoms with E-state index in [1.54, 1.807) is 11.3 Å². The number of hydrogen-bond donors (Lipinski definition) is 1. The third kappa shape index (κ3) is 3.06. The number of hydrogen-bond acceptors (Lipinski definition) is 2. The highest BCUT2D eigenvalue weighted by molar-refractivity contribution is 14.1. The second kappa shape index (κ2) is 5.29. The molecular weight excluding hydrogens is 329 g/mol. The van der Waals surface area contributed by atoms with E-state index in [-0.39, 0.29) is 6.04 Å². The Morgan fingerprint density at radius 1 is 1.19 bits per heavy atom. The van der Waals surface area contributed by atoms with Crippen LogP contribution in [0.15, 0.2) is 36.4 Å². The molecule has 1 aromatic carbocycles. The molecule has 0 saturated carbocycles. The minimum atomic E-state index is 0.124. The lowest BCUT2D eigenvalue weighted by molar-refractivity contribution is 0.736. The van der Waals surface area contributed by atoms with E-state index in [1.165, 1.54) is 18.9 Å². The molecule has 1 unspecified atom stereocenters. The quantitative estimate of drug-likeness (QED) is 0.841. The fourth-order valence-corrected chi connectivity index (χ4v) is 2.87. The molecule has 1 nitrogen and oxygen atoms in total. The summed E-state index contributed by atoms with van der Waals surface area (Å²) in [6.45, 7) is 2.12. The molecule has 1 atom stereocenters. The first kappa shape index (κ1) is 12.1. The van der Waals surface area contributed by atoms with E-state index in [2.05, 4.69) is 65.9 Å². The topological polar surface area (TPSA) is 26.0 Å². The molecule has 0 radical (unpaired) electrons. The van der Waals surface area contributed by atoms with Crippen LogP contribution in [0, 0.1) is 10.5 Å². The lowest BCUT2D eigenvalue weighted by Crippen LogP contribution is -2.11. The van der Waals surface area contributed by atoms with Gasteiger partial charge in [0, 0.05) is 19.4 Å². The van der Waals surface area contributed by atoms with Gasteiger partial charge in [-0.1, -0.05) is 12.1 Å². The van der Waals surface area contributed by atoms with E-state index < -0.39 is 0 Å². The molecule has 0 aliphatic rings. The van der Waals surface area contributed by atoms with Gasteiger partial charge in [-0.25, -0.2) is 0 Å². The molecule has 0 saturated heterocycles. The first-order chi connectivity index (χ1) is 7.65. The Labute approximate surface area is 114 Å². The summed E-state index contributed by atoms with van der Waals surface area (Å²) >= 11 is 4.11. The van der Waals surface area contributed by atoms with Gasteiger partial charge in [-0.3, -0.25) is 0 Å². The van der Waals surface area contributed by atoms with Gasteiger partial charge in [0.05, 0.1) is 0 Å². The van der Waals surface area contributed by atoms with Crippen molar-refractivity contribution in [1.82, 2.24) is 0 Å². The highest BCUT2D eigenvalue weighted by Gasteiger charge is 2.08. The summed E-state index contributed by atoms with van der Waals surface area (Å²) in [7, 11) is 0. The highest BCUT2D eigenvalue weighted by atomic mass is 127. The van der Waals surface area contributed by atoms with Crippen molar-refractivity contribution >= 4 is 33.9 Å². The minimum absolute atomic E-state index is 0.124. The van der Waals surface area contributed by atoms with Crippen LogP contribution >= 0.6 is 33.9 Å². The Bertz CT molecular complexity index is 461. The van der Waals surface area contributed by atoms with Crippen LogP contribution in [0.5, 0.6) is 0 Å². The maximum Gasteiger partial charge on any atom is 0.0430 e. The van der Waals surface area contributed by atoms with Crippen LogP contribution in [0.25, 0.3) is 0 Å². The molecular formula is C13H14INS. The number of aryl methyl sites for hydroxylation is 1. The average Bonchev–Trinajstić information content (AvgIpc) is 2.68. The van der Waals surface area contributed by atoms with Gasteiger partial charge in [-0.15, -0.1) is 11.3 Å². The van der Waals surface area contributed by atoms with E-state index in [4.69, 9.17) is 5.73 Å². The maximum absolute atomic E-state index is 6.19. The van der Waals surface area contributed by atoms with Crippen molar-refractivity contribution in [3.63, 3.8) is 0 Å². The van der Waals surface area contributed by atoms with Crippen molar-refractivity contribution in [3.05, 3.63) is 55.3 Å². The zero-order chi connectivity index (χ0) is 11.5. The molecule has 16 heavy (non-hydrogen) atoms. The number of benzene rings is 1. The summed E-state index contributed by atoms with van der Waals surface area (Å²) in [5.74, 6) is 0. The molecule has 0 aliphatic carbocycles. The standard InChI is InChI=1S/C13H14INS/c1-9-2-7-13(16-9)12(15)8-10-3-5-11(14)6-4-10/h2-7,12H,8,15H2,1H3. The molecule has 2 N–H and O–H groups in total. The first-order valence-electron chi connectivity index (χ1n) is 5.21. The van der Waals surface area contributed by atoms with Crippen LogP contribution in [-0.2, 0) is 6.42 Å². The second-order valence-electron chi connectivity index (χ2n) is 3.89. The monoisotopic (exact) mass is 343 g/mol. The van der Waals surface area contributed by atoms with Crippen LogP contribution in [0.3, 0.4) is 0 Å². The fraction of sp³-hybridized carbons (Fsp3) is 0.231. The summed E-state index contributed by atoms with van der Waals surface area (Å²) in [6, 6.07) is 13.0. The van der Waals surface area contributed by atoms with Crippen molar-refractivity contribution in [2.24, 2.45) is 5.73 Å². The minimum Gasteiger partial charge on any atom is -0.323 e. The molecule has 0 fully saturated rings. The van der Waals surface area contributed by atoms with Gasteiger partial charge in [0.25, 0.3) is 0 Å². The number of nitrogens with two attached hydrogens (primary N) is 1. The summed E-state index contributed by atoms with van der Waals surface area (Å²) < 4.78 is 1.27. The molecule has 1 aromatic heterocycles. The van der Waals surface area contributed by atoms with Gasteiger partial charge >= 0.3 is 0 Å². The Morgan fingerprint density at radius 3 is 2.44 bits per heavy atom. The van der Waals surface area contributed by atoms with Crippen molar-refractivity contribution < 1.29 is 0 Å². The van der Waals surface area contributed by atoms with Crippen LogP contribution < -0.4 is 5.73 Å². The van der Waals surface area contributed by atoms with E-state index in [9.17, 15) is 0 Å². The molecule has 0 amide bonds. The lowest BCUT2D eigenvalue weighted by atomic mass is 10.1. The van der Waals surface area contributed by atoms with Gasteiger partial charge < -0.3 is 5.73 Å². The third-order valence-corrected chi connectivity index (χ3v) is 4.35. The molecule has 0 bridgehead atoms. The molecule has 2 rings (SSSR count). The molecule has 2 aromatic rings. The maximum atomic E-state index is 6.19. The van der Waals surface area contributed by atoms with Crippen molar-refractivity contribution in [2.45, 2.75) is 19.4 Å². The number of thiophene rings is 1. The van der Waals surface area contributed by atoms with Crippen LogP contribution in [0.4, 0.5) is 0 Å². The van der Waals surface area contributed by atoms with E-state index in [0.717, 1.165) is 6.42 Å². The molecule has 0 aliphatic heterocycles. The van der Waals surface area contributed by atoms with Crippen LogP contribution in [-0.4, -0.2) is 0 Å². The summed E-state index contributed by atoms with van der Waals surface area (Å²) in [6.07, 6.45) is 0.914. The van der Waals surface area contributed by atoms with Gasteiger partial charge in [0.2, 0.25) is 0 Å². The van der Waals surface area contributed by atoms with Crippen LogP contribution in [0.2, 0.25) is 0 Å². The number of rotatable bonds is 3. The summed E-state index contributed by atoms with van der Waals surface area (Å²) in [5.41, 5.74) is 7.49. The van der Waals surface area contributed by atoms with Gasteiger partial charge in [-0.2, -0.15) is 0 Å². The Morgan fingerprint density at radius 2 is 1.88 bits per heavy atom. The number of halogens is 1. The normalized spacial score (nSPS) is 12.7.